The summed E-state index contributed by atoms with van der Waals surface area (Å²) in [4.78, 5) is 0. The fraction of sp³-hybridized carbons (Fsp3) is 0.364. The highest BCUT2D eigenvalue weighted by molar-refractivity contribution is 5.42. The number of tetrazole rings is 1. The van der Waals surface area contributed by atoms with Gasteiger partial charge in [-0.15, -0.1) is 0 Å². The van der Waals surface area contributed by atoms with E-state index in [-0.39, 0.29) is 18.8 Å². The summed E-state index contributed by atoms with van der Waals surface area (Å²) in [7, 11) is 0. The first-order valence-electron chi connectivity index (χ1n) is 5.71. The van der Waals surface area contributed by atoms with Gasteiger partial charge in [-0.3, -0.25) is 0 Å². The van der Waals surface area contributed by atoms with Crippen molar-refractivity contribution in [2.24, 2.45) is 0 Å². The van der Waals surface area contributed by atoms with Crippen LogP contribution in [-0.2, 0) is 0 Å². The minimum absolute atomic E-state index is 0.000949. The Morgan fingerprint density at radius 3 is 2.42 bits per heavy atom. The predicted molar refractivity (Wildman–Crippen MR) is 60.8 cm³/mol. The monoisotopic (exact) mass is 269 g/mol. The Balaban J connectivity index is 1.90. The number of rotatable bonds is 3. The van der Waals surface area contributed by atoms with Crippen LogP contribution in [0.4, 0.5) is 19.1 Å². The van der Waals surface area contributed by atoms with Crippen molar-refractivity contribution >= 4 is 5.95 Å². The molecule has 0 amide bonds. The lowest BCUT2D eigenvalue weighted by atomic mass is 10.2. The third-order valence-corrected chi connectivity index (χ3v) is 3.11. The van der Waals surface area contributed by atoms with E-state index in [1.165, 1.54) is 4.68 Å². The van der Waals surface area contributed by atoms with Gasteiger partial charge in [0.25, 0.3) is 0 Å². The third kappa shape index (κ3) is 2.02. The summed E-state index contributed by atoms with van der Waals surface area (Å²) in [5, 5.41) is 13.2. The maximum absolute atomic E-state index is 12.9. The molecule has 1 aliphatic carbocycles. The van der Waals surface area contributed by atoms with Crippen molar-refractivity contribution in [1.29, 1.82) is 0 Å². The van der Waals surface area contributed by atoms with Crippen LogP contribution < -0.4 is 5.32 Å². The number of hydrogen-bond acceptors (Lipinski definition) is 4. The van der Waals surface area contributed by atoms with Crippen molar-refractivity contribution in [3.8, 4) is 5.69 Å². The lowest BCUT2D eigenvalue weighted by molar-refractivity contribution is -0.151. The molecule has 0 saturated heterocycles. The number of anilines is 1. The molecule has 1 N–H and O–H groups in total. The zero-order valence-electron chi connectivity index (χ0n) is 9.72. The molecule has 8 heteroatoms. The van der Waals surface area contributed by atoms with Gasteiger partial charge in [-0.1, -0.05) is 23.3 Å². The van der Waals surface area contributed by atoms with Gasteiger partial charge in [0, 0.05) is 0 Å². The van der Waals surface area contributed by atoms with E-state index >= 15 is 0 Å². The highest BCUT2D eigenvalue weighted by Crippen LogP contribution is 2.50. The van der Waals surface area contributed by atoms with Crippen LogP contribution in [0.25, 0.3) is 5.69 Å². The Hall–Kier alpha value is -2.12. The number of aromatic nitrogens is 4. The fourth-order valence-corrected chi connectivity index (χ4v) is 1.83. The predicted octanol–water partition coefficient (Wildman–Crippen LogP) is 2.17. The van der Waals surface area contributed by atoms with Gasteiger partial charge in [0.1, 0.15) is 5.54 Å². The zero-order valence-corrected chi connectivity index (χ0v) is 9.72. The van der Waals surface area contributed by atoms with Crippen LogP contribution in [-0.4, -0.2) is 31.9 Å². The molecule has 2 aromatic rings. The molecule has 19 heavy (non-hydrogen) atoms. The number of nitrogens with zero attached hydrogens (tertiary/aromatic N) is 4. The van der Waals surface area contributed by atoms with Crippen LogP contribution in [0, 0.1) is 0 Å². The van der Waals surface area contributed by atoms with E-state index in [1.807, 2.05) is 0 Å². The number of benzene rings is 1. The van der Waals surface area contributed by atoms with Crippen molar-refractivity contribution in [3.63, 3.8) is 0 Å². The summed E-state index contributed by atoms with van der Waals surface area (Å²) in [6.07, 6.45) is -4.23. The number of alkyl halides is 3. The Morgan fingerprint density at radius 1 is 1.16 bits per heavy atom. The molecule has 0 atom stereocenters. The molecule has 0 radical (unpaired) electrons. The SMILES string of the molecule is FC(F)(F)C1(Nc2nnnn2-c2ccccc2)CC1. The maximum atomic E-state index is 12.9. The van der Waals surface area contributed by atoms with E-state index in [1.54, 1.807) is 30.3 Å². The van der Waals surface area contributed by atoms with Crippen molar-refractivity contribution < 1.29 is 13.2 Å². The molecule has 1 aliphatic rings. The topological polar surface area (TPSA) is 55.6 Å². The molecule has 1 heterocycles. The summed E-state index contributed by atoms with van der Waals surface area (Å²) >= 11 is 0. The molecule has 1 aromatic carbocycles. The number of halogens is 3. The minimum Gasteiger partial charge on any atom is -0.339 e. The maximum Gasteiger partial charge on any atom is 0.411 e. The van der Waals surface area contributed by atoms with Crippen LogP contribution in [0.3, 0.4) is 0 Å². The smallest absolute Gasteiger partial charge is 0.339 e. The molecule has 0 spiro atoms. The Kier molecular flexibility index (Phi) is 2.48. The van der Waals surface area contributed by atoms with E-state index in [2.05, 4.69) is 20.8 Å². The van der Waals surface area contributed by atoms with Crippen molar-refractivity contribution in [3.05, 3.63) is 30.3 Å². The molecule has 1 saturated carbocycles. The average molecular weight is 269 g/mol. The lowest BCUT2D eigenvalue weighted by Gasteiger charge is -2.20. The third-order valence-electron chi connectivity index (χ3n) is 3.11. The number of hydrogen-bond donors (Lipinski definition) is 1. The van der Waals surface area contributed by atoms with Gasteiger partial charge in [0.2, 0.25) is 5.95 Å². The molecule has 0 bridgehead atoms. The summed E-state index contributed by atoms with van der Waals surface area (Å²) < 4.78 is 39.9. The summed E-state index contributed by atoms with van der Waals surface area (Å²) in [5.74, 6) is 0.000949. The molecule has 5 nitrogen and oxygen atoms in total. The van der Waals surface area contributed by atoms with E-state index in [0.29, 0.717) is 5.69 Å². The van der Waals surface area contributed by atoms with Crippen LogP contribution in [0.2, 0.25) is 0 Å². The highest BCUT2D eigenvalue weighted by atomic mass is 19.4. The van der Waals surface area contributed by atoms with Gasteiger partial charge in [-0.05, 0) is 35.4 Å². The van der Waals surface area contributed by atoms with Gasteiger partial charge in [-0.25, -0.2) is 0 Å². The van der Waals surface area contributed by atoms with Gasteiger partial charge < -0.3 is 5.32 Å². The first kappa shape index (κ1) is 11.9. The average Bonchev–Trinajstić information content (AvgIpc) is 3.02. The molecule has 1 fully saturated rings. The first-order chi connectivity index (χ1) is 9.02. The van der Waals surface area contributed by atoms with E-state index in [0.717, 1.165) is 0 Å². The van der Waals surface area contributed by atoms with Gasteiger partial charge in [0.15, 0.2) is 0 Å². The summed E-state index contributed by atoms with van der Waals surface area (Å²) in [6.45, 7) is 0. The molecule has 0 unspecified atom stereocenters. The molecule has 3 rings (SSSR count). The van der Waals surface area contributed by atoms with Crippen LogP contribution in [0.15, 0.2) is 30.3 Å². The van der Waals surface area contributed by atoms with Crippen molar-refractivity contribution in [2.45, 2.75) is 24.6 Å². The Labute approximate surface area is 106 Å². The highest BCUT2D eigenvalue weighted by Gasteiger charge is 2.64. The molecular weight excluding hydrogens is 259 g/mol. The molecular formula is C11H10F3N5. The first-order valence-corrected chi connectivity index (χ1v) is 5.71. The van der Waals surface area contributed by atoms with E-state index in [9.17, 15) is 13.2 Å². The number of nitrogens with one attached hydrogen (secondary N) is 1. The Morgan fingerprint density at radius 2 is 1.84 bits per heavy atom. The van der Waals surface area contributed by atoms with Crippen LogP contribution in [0.1, 0.15) is 12.8 Å². The second-order valence-corrected chi connectivity index (χ2v) is 4.45. The zero-order chi connectivity index (χ0) is 13.5. The molecule has 0 aliphatic heterocycles. The largest absolute Gasteiger partial charge is 0.411 e. The van der Waals surface area contributed by atoms with E-state index in [4.69, 9.17) is 0 Å². The Bertz CT molecular complexity index is 574. The fourth-order valence-electron chi connectivity index (χ4n) is 1.83. The van der Waals surface area contributed by atoms with E-state index < -0.39 is 11.7 Å². The second-order valence-electron chi connectivity index (χ2n) is 4.45. The van der Waals surface area contributed by atoms with Gasteiger partial charge in [0.05, 0.1) is 5.69 Å². The minimum atomic E-state index is -4.31. The van der Waals surface area contributed by atoms with Crippen LogP contribution in [0.5, 0.6) is 0 Å². The summed E-state index contributed by atoms with van der Waals surface area (Å²) in [6, 6.07) is 8.76. The van der Waals surface area contributed by atoms with Crippen molar-refractivity contribution in [2.75, 3.05) is 5.32 Å². The second kappa shape index (κ2) is 3.94. The molecule has 1 aromatic heterocycles. The lowest BCUT2D eigenvalue weighted by Crippen LogP contribution is -2.39. The normalized spacial score (nSPS) is 17.2. The van der Waals surface area contributed by atoms with Gasteiger partial charge >= 0.3 is 6.18 Å². The van der Waals surface area contributed by atoms with Crippen molar-refractivity contribution in [1.82, 2.24) is 20.2 Å². The van der Waals surface area contributed by atoms with Crippen LogP contribution >= 0.6 is 0 Å². The van der Waals surface area contributed by atoms with Gasteiger partial charge in [-0.2, -0.15) is 17.9 Å². The number of para-hydroxylation sites is 1. The molecule has 100 valence electrons. The summed E-state index contributed by atoms with van der Waals surface area (Å²) in [5.41, 5.74) is -1.28. The quantitative estimate of drug-likeness (QED) is 0.927. The standard InChI is InChI=1S/C11H10F3N5/c12-11(13,14)10(6-7-10)15-9-16-17-18-19(9)8-4-2-1-3-5-8/h1-5H,6-7H2,(H,15,16,18).